The summed E-state index contributed by atoms with van der Waals surface area (Å²) in [7, 11) is 0. The Kier molecular flexibility index (Phi) is 5.01. The maximum absolute atomic E-state index is 12.2. The van der Waals surface area contributed by atoms with Gasteiger partial charge in [0.2, 0.25) is 0 Å². The number of hydrogen-bond acceptors (Lipinski definition) is 6. The van der Waals surface area contributed by atoms with Crippen LogP contribution in [0.3, 0.4) is 0 Å². The van der Waals surface area contributed by atoms with E-state index in [0.29, 0.717) is 12.4 Å². The zero-order valence-electron chi connectivity index (χ0n) is 14.5. The van der Waals surface area contributed by atoms with Gasteiger partial charge in [-0.3, -0.25) is 4.79 Å². The second-order valence-corrected chi connectivity index (χ2v) is 5.91. The van der Waals surface area contributed by atoms with E-state index in [0.717, 1.165) is 35.7 Å². The number of carbonyl (C=O) groups is 2. The van der Waals surface area contributed by atoms with Gasteiger partial charge in [0.1, 0.15) is 23.3 Å². The fourth-order valence-corrected chi connectivity index (χ4v) is 2.73. The quantitative estimate of drug-likeness (QED) is 0.811. The van der Waals surface area contributed by atoms with Gasteiger partial charge in [0.15, 0.2) is 5.69 Å². The molecule has 1 aromatic heterocycles. The third-order valence-corrected chi connectivity index (χ3v) is 3.92. The van der Waals surface area contributed by atoms with Crippen molar-refractivity contribution in [3.05, 3.63) is 47.0 Å². The van der Waals surface area contributed by atoms with Gasteiger partial charge in [0, 0.05) is 24.1 Å². The van der Waals surface area contributed by atoms with E-state index in [1.807, 2.05) is 26.0 Å². The fourth-order valence-electron chi connectivity index (χ4n) is 2.73. The number of hydrogen-bond donors (Lipinski definition) is 2. The minimum absolute atomic E-state index is 0.0407. The molecule has 0 saturated carbocycles. The van der Waals surface area contributed by atoms with E-state index >= 15 is 0 Å². The van der Waals surface area contributed by atoms with Gasteiger partial charge in [0.25, 0.3) is 5.91 Å². The lowest BCUT2D eigenvalue weighted by molar-refractivity contribution is 0.0689. The SMILES string of the molecule is CCOc1cc2c(cc1CNC(=O)c1cnc(C(=O)O)cn1)OC(C)C2. The summed E-state index contributed by atoms with van der Waals surface area (Å²) in [4.78, 5) is 30.5. The van der Waals surface area contributed by atoms with Crippen molar-refractivity contribution in [3.63, 3.8) is 0 Å². The molecule has 1 aromatic carbocycles. The van der Waals surface area contributed by atoms with Crippen LogP contribution in [0.5, 0.6) is 11.5 Å². The Labute approximate surface area is 150 Å². The van der Waals surface area contributed by atoms with Gasteiger partial charge in [-0.2, -0.15) is 0 Å². The molecule has 0 radical (unpaired) electrons. The molecule has 8 nitrogen and oxygen atoms in total. The number of carbonyl (C=O) groups excluding carboxylic acids is 1. The van der Waals surface area contributed by atoms with Crippen LogP contribution in [0.25, 0.3) is 0 Å². The van der Waals surface area contributed by atoms with E-state index in [1.54, 1.807) is 0 Å². The summed E-state index contributed by atoms with van der Waals surface area (Å²) in [5.41, 5.74) is 1.71. The highest BCUT2D eigenvalue weighted by atomic mass is 16.5. The molecule has 2 N–H and O–H groups in total. The normalized spacial score (nSPS) is 15.1. The lowest BCUT2D eigenvalue weighted by Crippen LogP contribution is -2.24. The molecule has 0 bridgehead atoms. The molecule has 26 heavy (non-hydrogen) atoms. The van der Waals surface area contributed by atoms with E-state index in [-0.39, 0.29) is 24.0 Å². The Morgan fingerprint density at radius 2 is 2.04 bits per heavy atom. The number of benzene rings is 1. The van der Waals surface area contributed by atoms with Crippen LogP contribution in [-0.4, -0.2) is 39.7 Å². The largest absolute Gasteiger partial charge is 0.494 e. The lowest BCUT2D eigenvalue weighted by Gasteiger charge is -2.13. The summed E-state index contributed by atoms with van der Waals surface area (Å²) in [5.74, 6) is -0.141. The first kappa shape index (κ1) is 17.7. The molecule has 3 rings (SSSR count). The molecule has 1 unspecified atom stereocenters. The predicted octanol–water partition coefficient (Wildman–Crippen LogP) is 1.83. The van der Waals surface area contributed by atoms with Gasteiger partial charge in [0.05, 0.1) is 19.0 Å². The Bertz CT molecular complexity index is 835. The average Bonchev–Trinajstić information content (AvgIpc) is 2.98. The number of carboxylic acid groups (broad SMARTS) is 1. The minimum atomic E-state index is -1.20. The zero-order chi connectivity index (χ0) is 18.7. The van der Waals surface area contributed by atoms with Crippen molar-refractivity contribution in [2.24, 2.45) is 0 Å². The Morgan fingerprint density at radius 1 is 1.31 bits per heavy atom. The van der Waals surface area contributed by atoms with Crippen LogP contribution in [-0.2, 0) is 13.0 Å². The third-order valence-electron chi connectivity index (χ3n) is 3.92. The minimum Gasteiger partial charge on any atom is -0.494 e. The summed E-state index contributed by atoms with van der Waals surface area (Å²) >= 11 is 0. The van der Waals surface area contributed by atoms with Gasteiger partial charge in [-0.1, -0.05) is 0 Å². The van der Waals surface area contributed by atoms with Crippen LogP contribution < -0.4 is 14.8 Å². The number of ether oxygens (including phenoxy) is 2. The molecular formula is C18H19N3O5. The van der Waals surface area contributed by atoms with Crippen LogP contribution in [0.2, 0.25) is 0 Å². The summed E-state index contributed by atoms with van der Waals surface area (Å²) in [5, 5.41) is 11.6. The van der Waals surface area contributed by atoms with Crippen molar-refractivity contribution in [1.82, 2.24) is 15.3 Å². The lowest BCUT2D eigenvalue weighted by atomic mass is 10.1. The topological polar surface area (TPSA) is 111 Å². The molecule has 0 aliphatic carbocycles. The highest BCUT2D eigenvalue weighted by Crippen LogP contribution is 2.35. The van der Waals surface area contributed by atoms with Crippen LogP contribution in [0.15, 0.2) is 24.5 Å². The molecule has 0 fully saturated rings. The second-order valence-electron chi connectivity index (χ2n) is 5.91. The predicted molar refractivity (Wildman–Crippen MR) is 91.6 cm³/mol. The van der Waals surface area contributed by atoms with E-state index in [9.17, 15) is 9.59 Å². The number of rotatable bonds is 6. The molecule has 136 valence electrons. The monoisotopic (exact) mass is 357 g/mol. The van der Waals surface area contributed by atoms with Crippen molar-refractivity contribution >= 4 is 11.9 Å². The van der Waals surface area contributed by atoms with Crippen molar-refractivity contribution in [3.8, 4) is 11.5 Å². The number of fused-ring (bicyclic) bond motifs is 1. The summed E-state index contributed by atoms with van der Waals surface area (Å²) in [6.45, 7) is 4.63. The number of amides is 1. The van der Waals surface area contributed by atoms with Crippen molar-refractivity contribution in [2.75, 3.05) is 6.61 Å². The fraction of sp³-hybridized carbons (Fsp3) is 0.333. The van der Waals surface area contributed by atoms with Crippen LogP contribution in [0, 0.1) is 0 Å². The van der Waals surface area contributed by atoms with E-state index in [1.165, 1.54) is 0 Å². The summed E-state index contributed by atoms with van der Waals surface area (Å²) in [6.07, 6.45) is 3.13. The van der Waals surface area contributed by atoms with Gasteiger partial charge < -0.3 is 19.9 Å². The maximum Gasteiger partial charge on any atom is 0.356 e. The Morgan fingerprint density at radius 3 is 2.69 bits per heavy atom. The van der Waals surface area contributed by atoms with E-state index in [4.69, 9.17) is 14.6 Å². The smallest absolute Gasteiger partial charge is 0.356 e. The molecule has 8 heteroatoms. The molecule has 1 aliphatic rings. The molecule has 1 atom stereocenters. The van der Waals surface area contributed by atoms with Crippen LogP contribution in [0.4, 0.5) is 0 Å². The average molecular weight is 357 g/mol. The van der Waals surface area contributed by atoms with Crippen molar-refractivity contribution in [2.45, 2.75) is 32.9 Å². The number of aromatic nitrogens is 2. The van der Waals surface area contributed by atoms with Crippen LogP contribution in [0.1, 0.15) is 46.0 Å². The Balaban J connectivity index is 1.73. The van der Waals surface area contributed by atoms with Gasteiger partial charge >= 0.3 is 5.97 Å². The van der Waals surface area contributed by atoms with Gasteiger partial charge in [-0.15, -0.1) is 0 Å². The first-order valence-corrected chi connectivity index (χ1v) is 8.26. The molecular weight excluding hydrogens is 338 g/mol. The molecule has 2 heterocycles. The standard InChI is InChI=1S/C18H19N3O5/c1-3-25-15-5-11-4-10(2)26-16(11)6-12(15)7-21-17(22)13-8-20-14(9-19-13)18(23)24/h5-6,8-10H,3-4,7H2,1-2H3,(H,21,22)(H,23,24). The van der Waals surface area contributed by atoms with Gasteiger partial charge in [-0.05, 0) is 26.0 Å². The van der Waals surface area contributed by atoms with E-state index in [2.05, 4.69) is 15.3 Å². The molecule has 0 spiro atoms. The number of carboxylic acids is 1. The van der Waals surface area contributed by atoms with Crippen molar-refractivity contribution in [1.29, 1.82) is 0 Å². The molecule has 0 saturated heterocycles. The van der Waals surface area contributed by atoms with Crippen LogP contribution >= 0.6 is 0 Å². The number of nitrogens with one attached hydrogen (secondary N) is 1. The third kappa shape index (κ3) is 3.74. The molecule has 1 amide bonds. The van der Waals surface area contributed by atoms with Crippen molar-refractivity contribution < 1.29 is 24.2 Å². The maximum atomic E-state index is 12.2. The van der Waals surface area contributed by atoms with Gasteiger partial charge in [-0.25, -0.2) is 14.8 Å². The summed E-state index contributed by atoms with van der Waals surface area (Å²) < 4.78 is 11.4. The summed E-state index contributed by atoms with van der Waals surface area (Å²) in [6, 6.07) is 3.83. The highest BCUT2D eigenvalue weighted by Gasteiger charge is 2.22. The first-order valence-electron chi connectivity index (χ1n) is 8.26. The molecule has 1 aliphatic heterocycles. The first-order chi connectivity index (χ1) is 12.5. The highest BCUT2D eigenvalue weighted by molar-refractivity contribution is 5.92. The number of aromatic carboxylic acids is 1. The second kappa shape index (κ2) is 7.38. The Hall–Kier alpha value is -3.16. The van der Waals surface area contributed by atoms with E-state index < -0.39 is 11.9 Å². The number of nitrogens with zero attached hydrogens (tertiary/aromatic N) is 2. The zero-order valence-corrected chi connectivity index (χ0v) is 14.5. The molecule has 2 aromatic rings.